The molecule has 0 aromatic heterocycles. The second kappa shape index (κ2) is 13.9. The highest BCUT2D eigenvalue weighted by Gasteiger charge is 2.32. The fourth-order valence-corrected chi connectivity index (χ4v) is 5.53. The molecule has 0 saturated carbocycles. The molecule has 0 aliphatic heterocycles. The van der Waals surface area contributed by atoms with Gasteiger partial charge in [0.1, 0.15) is 12.6 Å². The van der Waals surface area contributed by atoms with E-state index >= 15 is 0 Å². The van der Waals surface area contributed by atoms with Crippen molar-refractivity contribution in [3.63, 3.8) is 0 Å². The van der Waals surface area contributed by atoms with Gasteiger partial charge in [0.2, 0.25) is 21.8 Å². The Balaban J connectivity index is 2.03. The number of amides is 2. The predicted octanol–water partition coefficient (Wildman–Crippen LogP) is 5.14. The third kappa shape index (κ3) is 8.68. The molecule has 2 amide bonds. The Kier molecular flexibility index (Phi) is 10.9. The van der Waals surface area contributed by atoms with Gasteiger partial charge >= 0.3 is 0 Å². The standard InChI is InChI=1S/C28H31Br2N3O4S/c1-3-16-31-28(35)26(18-21-8-5-4-6-9-21)32(19-22-10-7-11-24(30)17-22)27(34)20-33(38(2,36)37)25-14-12-23(29)13-15-25/h4-15,17,26H,3,16,18-20H2,1-2H3,(H,31,35)/t26-/m1/s1. The second-order valence-corrected chi connectivity index (χ2v) is 12.6. The van der Waals surface area contributed by atoms with E-state index in [2.05, 4.69) is 37.2 Å². The van der Waals surface area contributed by atoms with Gasteiger partial charge in [-0.05, 0) is 53.9 Å². The molecule has 0 aliphatic rings. The zero-order valence-corrected chi connectivity index (χ0v) is 25.3. The number of carbonyl (C=O) groups excluding carboxylic acids is 2. The number of rotatable bonds is 12. The summed E-state index contributed by atoms with van der Waals surface area (Å²) in [5.41, 5.74) is 2.06. The molecule has 10 heteroatoms. The van der Waals surface area contributed by atoms with E-state index in [0.29, 0.717) is 12.2 Å². The number of sulfonamides is 1. The van der Waals surface area contributed by atoms with Crippen LogP contribution in [-0.4, -0.2) is 50.5 Å². The molecule has 0 bridgehead atoms. The first-order chi connectivity index (χ1) is 18.1. The Bertz CT molecular complexity index is 1340. The van der Waals surface area contributed by atoms with Gasteiger partial charge in [-0.15, -0.1) is 0 Å². The number of carbonyl (C=O) groups is 2. The van der Waals surface area contributed by atoms with Gasteiger partial charge < -0.3 is 10.2 Å². The van der Waals surface area contributed by atoms with Crippen molar-refractivity contribution < 1.29 is 18.0 Å². The first kappa shape index (κ1) is 29.9. The van der Waals surface area contributed by atoms with Crippen molar-refractivity contribution in [1.82, 2.24) is 10.2 Å². The molecule has 3 aromatic rings. The van der Waals surface area contributed by atoms with Gasteiger partial charge in [-0.1, -0.05) is 81.2 Å². The lowest BCUT2D eigenvalue weighted by molar-refractivity contribution is -0.140. The molecule has 0 spiro atoms. The zero-order valence-electron chi connectivity index (χ0n) is 21.3. The van der Waals surface area contributed by atoms with Crippen molar-refractivity contribution in [2.75, 3.05) is 23.7 Å². The molecule has 0 aliphatic carbocycles. The molecule has 3 rings (SSSR count). The van der Waals surface area contributed by atoms with Crippen LogP contribution in [0.3, 0.4) is 0 Å². The van der Waals surface area contributed by atoms with Crippen molar-refractivity contribution in [3.8, 4) is 0 Å². The lowest BCUT2D eigenvalue weighted by Crippen LogP contribution is -2.53. The maximum atomic E-state index is 14.0. The molecule has 0 fully saturated rings. The number of nitrogens with one attached hydrogen (secondary N) is 1. The quantitative estimate of drug-likeness (QED) is 0.291. The lowest BCUT2D eigenvalue weighted by atomic mass is 10.0. The van der Waals surface area contributed by atoms with Gasteiger partial charge in [-0.3, -0.25) is 13.9 Å². The first-order valence-corrected chi connectivity index (χ1v) is 15.6. The van der Waals surface area contributed by atoms with Crippen LogP contribution >= 0.6 is 31.9 Å². The van der Waals surface area contributed by atoms with Crippen LogP contribution in [0, 0.1) is 0 Å². The fourth-order valence-electron chi connectivity index (χ4n) is 3.97. The second-order valence-electron chi connectivity index (χ2n) is 8.89. The average molecular weight is 665 g/mol. The summed E-state index contributed by atoms with van der Waals surface area (Å²) in [5, 5.41) is 2.93. The third-order valence-corrected chi connectivity index (χ3v) is 8.02. The average Bonchev–Trinajstić information content (AvgIpc) is 2.88. The van der Waals surface area contributed by atoms with Gasteiger partial charge in [-0.2, -0.15) is 0 Å². The highest BCUT2D eigenvalue weighted by molar-refractivity contribution is 9.10. The predicted molar refractivity (Wildman–Crippen MR) is 158 cm³/mol. The third-order valence-electron chi connectivity index (χ3n) is 5.86. The van der Waals surface area contributed by atoms with E-state index < -0.39 is 28.5 Å². The molecule has 0 saturated heterocycles. The lowest BCUT2D eigenvalue weighted by Gasteiger charge is -2.33. The zero-order chi connectivity index (χ0) is 27.7. The summed E-state index contributed by atoms with van der Waals surface area (Å²) in [6, 6.07) is 22.8. The Morgan fingerprint density at radius 1 is 0.895 bits per heavy atom. The summed E-state index contributed by atoms with van der Waals surface area (Å²) < 4.78 is 28.2. The van der Waals surface area contributed by atoms with Gasteiger partial charge in [-0.25, -0.2) is 8.42 Å². The van der Waals surface area contributed by atoms with E-state index in [1.807, 2.05) is 61.5 Å². The van der Waals surface area contributed by atoms with E-state index in [0.717, 1.165) is 37.1 Å². The molecule has 0 heterocycles. The van der Waals surface area contributed by atoms with Crippen LogP contribution in [0.1, 0.15) is 24.5 Å². The Morgan fingerprint density at radius 2 is 1.55 bits per heavy atom. The van der Waals surface area contributed by atoms with E-state index in [1.54, 1.807) is 24.3 Å². The number of hydrogen-bond donors (Lipinski definition) is 1. The Morgan fingerprint density at radius 3 is 2.16 bits per heavy atom. The minimum atomic E-state index is -3.80. The molecule has 3 aromatic carbocycles. The molecular formula is C28H31Br2N3O4S. The Hall–Kier alpha value is -2.69. The van der Waals surface area contributed by atoms with Crippen LogP contribution in [0.25, 0.3) is 0 Å². The molecule has 1 N–H and O–H groups in total. The van der Waals surface area contributed by atoms with Crippen LogP contribution in [0.15, 0.2) is 87.8 Å². The molecule has 0 radical (unpaired) electrons. The number of benzene rings is 3. The summed E-state index contributed by atoms with van der Waals surface area (Å²) in [6.07, 6.45) is 2.10. The van der Waals surface area contributed by atoms with Crippen LogP contribution in [0.5, 0.6) is 0 Å². The topological polar surface area (TPSA) is 86.8 Å². The SMILES string of the molecule is CCCNC(=O)[C@@H](Cc1ccccc1)N(Cc1cccc(Br)c1)C(=O)CN(c1ccc(Br)cc1)S(C)(=O)=O. The smallest absolute Gasteiger partial charge is 0.244 e. The number of halogens is 2. The van der Waals surface area contributed by atoms with E-state index in [9.17, 15) is 18.0 Å². The first-order valence-electron chi connectivity index (χ1n) is 12.2. The minimum Gasteiger partial charge on any atom is -0.354 e. The van der Waals surface area contributed by atoms with Crippen molar-refractivity contribution in [3.05, 3.63) is 98.9 Å². The molecule has 1 atom stereocenters. The highest BCUT2D eigenvalue weighted by Crippen LogP contribution is 2.23. The molecular weight excluding hydrogens is 634 g/mol. The number of anilines is 1. The van der Waals surface area contributed by atoms with Crippen LogP contribution in [-0.2, 0) is 32.6 Å². The molecule has 202 valence electrons. The molecule has 38 heavy (non-hydrogen) atoms. The number of nitrogens with zero attached hydrogens (tertiary/aromatic N) is 2. The van der Waals surface area contributed by atoms with Crippen LogP contribution < -0.4 is 9.62 Å². The van der Waals surface area contributed by atoms with Crippen molar-refractivity contribution in [2.45, 2.75) is 32.4 Å². The van der Waals surface area contributed by atoms with Crippen molar-refractivity contribution in [1.29, 1.82) is 0 Å². The summed E-state index contributed by atoms with van der Waals surface area (Å²) in [5.74, 6) is -0.764. The maximum Gasteiger partial charge on any atom is 0.244 e. The minimum absolute atomic E-state index is 0.132. The van der Waals surface area contributed by atoms with E-state index in [1.165, 1.54) is 4.90 Å². The maximum absolute atomic E-state index is 14.0. The van der Waals surface area contributed by atoms with E-state index in [4.69, 9.17) is 0 Å². The summed E-state index contributed by atoms with van der Waals surface area (Å²) in [7, 11) is -3.80. The molecule has 7 nitrogen and oxygen atoms in total. The fraction of sp³-hybridized carbons (Fsp3) is 0.286. The van der Waals surface area contributed by atoms with Crippen LogP contribution in [0.2, 0.25) is 0 Å². The summed E-state index contributed by atoms with van der Waals surface area (Å²) in [6.45, 7) is 2.12. The number of hydrogen-bond acceptors (Lipinski definition) is 4. The normalized spacial score (nSPS) is 12.0. The van der Waals surface area contributed by atoms with Gasteiger partial charge in [0.15, 0.2) is 0 Å². The monoisotopic (exact) mass is 663 g/mol. The van der Waals surface area contributed by atoms with Gasteiger partial charge in [0.05, 0.1) is 11.9 Å². The Labute approximate surface area is 241 Å². The van der Waals surface area contributed by atoms with Crippen molar-refractivity contribution in [2.24, 2.45) is 0 Å². The highest BCUT2D eigenvalue weighted by atomic mass is 79.9. The molecule has 0 unspecified atom stereocenters. The summed E-state index contributed by atoms with van der Waals surface area (Å²) >= 11 is 6.83. The van der Waals surface area contributed by atoms with Crippen LogP contribution in [0.4, 0.5) is 5.69 Å². The van der Waals surface area contributed by atoms with E-state index in [-0.39, 0.29) is 18.9 Å². The van der Waals surface area contributed by atoms with Gasteiger partial charge in [0.25, 0.3) is 0 Å². The van der Waals surface area contributed by atoms with Crippen molar-refractivity contribution >= 4 is 59.4 Å². The largest absolute Gasteiger partial charge is 0.354 e. The summed E-state index contributed by atoms with van der Waals surface area (Å²) in [4.78, 5) is 28.9. The van der Waals surface area contributed by atoms with Gasteiger partial charge in [0, 0.05) is 28.5 Å².